The molecule has 0 atom stereocenters. The Morgan fingerprint density at radius 3 is 2.91 bits per heavy atom. The number of benzene rings is 1. The quantitative estimate of drug-likeness (QED) is 0.766. The van der Waals surface area contributed by atoms with E-state index in [9.17, 15) is 4.79 Å². The summed E-state index contributed by atoms with van der Waals surface area (Å²) in [6, 6.07) is 11.2. The summed E-state index contributed by atoms with van der Waals surface area (Å²) in [5, 5.41) is 5.90. The zero-order valence-electron chi connectivity index (χ0n) is 12.4. The maximum Gasteiger partial charge on any atom is 0.230 e. The number of thiazole rings is 1. The molecular formula is C17H14ClN3OS. The first-order chi connectivity index (χ1) is 11.1. The zero-order valence-corrected chi connectivity index (χ0v) is 14.0. The van der Waals surface area contributed by atoms with E-state index in [2.05, 4.69) is 15.3 Å². The molecule has 0 radical (unpaired) electrons. The Balaban J connectivity index is 1.69. The Morgan fingerprint density at radius 2 is 2.13 bits per heavy atom. The van der Waals surface area contributed by atoms with Gasteiger partial charge >= 0.3 is 0 Å². The van der Waals surface area contributed by atoms with Gasteiger partial charge in [0.2, 0.25) is 5.91 Å². The molecule has 0 aliphatic carbocycles. The molecule has 1 amide bonds. The normalized spacial score (nSPS) is 10.5. The van der Waals surface area contributed by atoms with Crippen LogP contribution in [-0.4, -0.2) is 15.9 Å². The first-order valence-electron chi connectivity index (χ1n) is 7.03. The topological polar surface area (TPSA) is 54.9 Å². The minimum atomic E-state index is -0.134. The van der Waals surface area contributed by atoms with Crippen molar-refractivity contribution in [2.24, 2.45) is 0 Å². The van der Waals surface area contributed by atoms with Crippen LogP contribution in [0.1, 0.15) is 11.3 Å². The number of aromatic nitrogens is 2. The van der Waals surface area contributed by atoms with Crippen molar-refractivity contribution in [1.29, 1.82) is 0 Å². The van der Waals surface area contributed by atoms with Crippen LogP contribution in [0.3, 0.4) is 0 Å². The van der Waals surface area contributed by atoms with Crippen LogP contribution in [-0.2, 0) is 11.2 Å². The van der Waals surface area contributed by atoms with Gasteiger partial charge in [-0.2, -0.15) is 0 Å². The van der Waals surface area contributed by atoms with E-state index in [1.54, 1.807) is 12.3 Å². The molecule has 0 unspecified atom stereocenters. The Labute approximate surface area is 143 Å². The Hall–Kier alpha value is -2.24. The van der Waals surface area contributed by atoms with Crippen LogP contribution < -0.4 is 5.32 Å². The molecule has 2 aromatic heterocycles. The molecule has 0 bridgehead atoms. The highest BCUT2D eigenvalue weighted by Gasteiger charge is 2.10. The lowest BCUT2D eigenvalue weighted by Gasteiger charge is -2.04. The fraction of sp³-hybridized carbons (Fsp3) is 0.118. The lowest BCUT2D eigenvalue weighted by Crippen LogP contribution is -2.14. The van der Waals surface area contributed by atoms with E-state index in [1.165, 1.54) is 11.3 Å². The number of nitrogens with one attached hydrogen (secondary N) is 1. The Kier molecular flexibility index (Phi) is 4.69. The molecule has 0 spiro atoms. The second-order valence-electron chi connectivity index (χ2n) is 5.04. The van der Waals surface area contributed by atoms with Gasteiger partial charge in [-0.15, -0.1) is 11.3 Å². The largest absolute Gasteiger partial charge is 0.302 e. The van der Waals surface area contributed by atoms with Crippen LogP contribution in [0.4, 0.5) is 5.13 Å². The van der Waals surface area contributed by atoms with E-state index in [-0.39, 0.29) is 12.3 Å². The van der Waals surface area contributed by atoms with E-state index in [0.717, 1.165) is 22.5 Å². The number of aryl methyl sites for hydroxylation is 1. The average molecular weight is 344 g/mol. The second kappa shape index (κ2) is 6.89. The van der Waals surface area contributed by atoms with Crippen LogP contribution in [0.5, 0.6) is 0 Å². The molecule has 2 heterocycles. The van der Waals surface area contributed by atoms with Gasteiger partial charge in [-0.1, -0.05) is 29.8 Å². The van der Waals surface area contributed by atoms with Gasteiger partial charge in [0.15, 0.2) is 5.13 Å². The summed E-state index contributed by atoms with van der Waals surface area (Å²) in [6.07, 6.45) is 1.97. The summed E-state index contributed by atoms with van der Waals surface area (Å²) in [5.74, 6) is -0.134. The number of pyridine rings is 1. The average Bonchev–Trinajstić information content (AvgIpc) is 2.98. The van der Waals surface area contributed by atoms with E-state index in [4.69, 9.17) is 11.6 Å². The van der Waals surface area contributed by atoms with Gasteiger partial charge in [-0.25, -0.2) is 4.98 Å². The summed E-state index contributed by atoms with van der Waals surface area (Å²) in [7, 11) is 0. The van der Waals surface area contributed by atoms with Gasteiger partial charge in [0, 0.05) is 27.9 Å². The summed E-state index contributed by atoms with van der Waals surface area (Å²) < 4.78 is 0. The molecule has 3 aromatic rings. The second-order valence-corrected chi connectivity index (χ2v) is 6.31. The zero-order chi connectivity index (χ0) is 16.2. The highest BCUT2D eigenvalue weighted by atomic mass is 35.5. The molecule has 0 saturated heterocycles. The van der Waals surface area contributed by atoms with Crippen molar-refractivity contribution in [2.45, 2.75) is 13.3 Å². The molecular weight excluding hydrogens is 330 g/mol. The number of carbonyl (C=O) groups excluding carboxylic acids is 1. The Morgan fingerprint density at radius 1 is 1.30 bits per heavy atom. The van der Waals surface area contributed by atoms with Gasteiger partial charge in [0.1, 0.15) is 0 Å². The molecule has 0 aliphatic rings. The predicted molar refractivity (Wildman–Crippen MR) is 93.9 cm³/mol. The summed E-state index contributed by atoms with van der Waals surface area (Å²) in [5.41, 5.74) is 3.54. The molecule has 6 heteroatoms. The molecule has 0 fully saturated rings. The van der Waals surface area contributed by atoms with Gasteiger partial charge in [0.05, 0.1) is 12.1 Å². The molecule has 116 valence electrons. The molecule has 1 aromatic carbocycles. The van der Waals surface area contributed by atoms with Crippen LogP contribution >= 0.6 is 22.9 Å². The standard InChI is InChI=1S/C17H14ClN3OS/c1-11-8-13(6-7-19-11)15-10-23-17(20-15)21-16(22)9-12-4-2-3-5-14(12)18/h2-8,10H,9H2,1H3,(H,20,21,22). The lowest BCUT2D eigenvalue weighted by molar-refractivity contribution is -0.115. The van der Waals surface area contributed by atoms with Gasteiger partial charge in [0.25, 0.3) is 0 Å². The number of hydrogen-bond acceptors (Lipinski definition) is 4. The van der Waals surface area contributed by atoms with Crippen molar-refractivity contribution < 1.29 is 4.79 Å². The first kappa shape index (κ1) is 15.6. The van der Waals surface area contributed by atoms with Crippen molar-refractivity contribution in [3.8, 4) is 11.3 Å². The third-order valence-corrected chi connectivity index (χ3v) is 4.38. The molecule has 4 nitrogen and oxygen atoms in total. The maximum absolute atomic E-state index is 12.1. The third-order valence-electron chi connectivity index (χ3n) is 3.25. The van der Waals surface area contributed by atoms with Gasteiger partial charge < -0.3 is 5.32 Å². The van der Waals surface area contributed by atoms with Crippen LogP contribution in [0.2, 0.25) is 5.02 Å². The molecule has 3 rings (SSSR count). The van der Waals surface area contributed by atoms with Crippen LogP contribution in [0.15, 0.2) is 48.0 Å². The molecule has 1 N–H and O–H groups in total. The number of amides is 1. The fourth-order valence-corrected chi connectivity index (χ4v) is 3.09. The van der Waals surface area contributed by atoms with Gasteiger partial charge in [-0.05, 0) is 30.7 Å². The van der Waals surface area contributed by atoms with E-state index in [0.29, 0.717) is 10.2 Å². The van der Waals surface area contributed by atoms with E-state index < -0.39 is 0 Å². The van der Waals surface area contributed by atoms with Crippen molar-refractivity contribution in [1.82, 2.24) is 9.97 Å². The number of nitrogens with zero attached hydrogens (tertiary/aromatic N) is 2. The molecule has 0 saturated carbocycles. The van der Waals surface area contributed by atoms with Crippen molar-refractivity contribution in [3.05, 3.63) is 64.3 Å². The highest BCUT2D eigenvalue weighted by Crippen LogP contribution is 2.25. The predicted octanol–water partition coefficient (Wildman–Crippen LogP) is 4.35. The van der Waals surface area contributed by atoms with Crippen molar-refractivity contribution in [3.63, 3.8) is 0 Å². The lowest BCUT2D eigenvalue weighted by atomic mass is 10.1. The fourth-order valence-electron chi connectivity index (χ4n) is 2.15. The highest BCUT2D eigenvalue weighted by molar-refractivity contribution is 7.14. The molecule has 0 aliphatic heterocycles. The third kappa shape index (κ3) is 3.94. The minimum absolute atomic E-state index is 0.134. The van der Waals surface area contributed by atoms with Gasteiger partial charge in [-0.3, -0.25) is 9.78 Å². The molecule has 23 heavy (non-hydrogen) atoms. The minimum Gasteiger partial charge on any atom is -0.302 e. The summed E-state index contributed by atoms with van der Waals surface area (Å²) in [4.78, 5) is 20.7. The number of anilines is 1. The number of rotatable bonds is 4. The van der Waals surface area contributed by atoms with Crippen molar-refractivity contribution in [2.75, 3.05) is 5.32 Å². The smallest absolute Gasteiger partial charge is 0.230 e. The van der Waals surface area contributed by atoms with Crippen LogP contribution in [0.25, 0.3) is 11.3 Å². The van der Waals surface area contributed by atoms with E-state index >= 15 is 0 Å². The number of hydrogen-bond donors (Lipinski definition) is 1. The summed E-state index contributed by atoms with van der Waals surface area (Å²) >= 11 is 7.47. The first-order valence-corrected chi connectivity index (χ1v) is 8.29. The number of halogens is 1. The SMILES string of the molecule is Cc1cc(-c2csc(NC(=O)Cc3ccccc3Cl)n2)ccn1. The monoisotopic (exact) mass is 343 g/mol. The summed E-state index contributed by atoms with van der Waals surface area (Å²) in [6.45, 7) is 1.93. The van der Waals surface area contributed by atoms with Crippen molar-refractivity contribution >= 4 is 34.0 Å². The maximum atomic E-state index is 12.1. The van der Waals surface area contributed by atoms with Crippen LogP contribution in [0, 0.1) is 6.92 Å². The number of carbonyl (C=O) groups is 1. The Bertz CT molecular complexity index is 847. The van der Waals surface area contributed by atoms with E-state index in [1.807, 2.05) is 42.6 Å².